The summed E-state index contributed by atoms with van der Waals surface area (Å²) in [6.45, 7) is 4.86. The second-order valence-corrected chi connectivity index (χ2v) is 9.41. The molecule has 0 atom stereocenters. The highest BCUT2D eigenvalue weighted by Gasteiger charge is 2.20. The number of nitrogens with one attached hydrogen (secondary N) is 1. The second kappa shape index (κ2) is 11.0. The SMILES string of the molecule is COc1ccccc1N1CCN(Cc2ccc(C(=O)N/N=C\c3cc4c(cc3Br)OCO4)cc2)CC1. The number of hydrogen-bond acceptors (Lipinski definition) is 7. The van der Waals surface area contributed by atoms with Crippen molar-refractivity contribution in [1.82, 2.24) is 10.3 Å². The van der Waals surface area contributed by atoms with Crippen LogP contribution in [0.2, 0.25) is 0 Å². The van der Waals surface area contributed by atoms with Gasteiger partial charge in [0.1, 0.15) is 5.75 Å². The zero-order valence-electron chi connectivity index (χ0n) is 19.9. The molecule has 0 saturated carbocycles. The summed E-state index contributed by atoms with van der Waals surface area (Å²) < 4.78 is 17.1. The van der Waals surface area contributed by atoms with Crippen LogP contribution in [0.5, 0.6) is 17.2 Å². The van der Waals surface area contributed by atoms with Crippen molar-refractivity contribution in [1.29, 1.82) is 0 Å². The number of piperazine rings is 1. The normalized spacial score (nSPS) is 15.3. The van der Waals surface area contributed by atoms with E-state index in [0.29, 0.717) is 17.1 Å². The molecule has 9 heteroatoms. The summed E-state index contributed by atoms with van der Waals surface area (Å²) in [5.74, 6) is 1.98. The highest BCUT2D eigenvalue weighted by atomic mass is 79.9. The van der Waals surface area contributed by atoms with Gasteiger partial charge in [-0.1, -0.05) is 24.3 Å². The Morgan fingerprint density at radius 2 is 1.78 bits per heavy atom. The molecule has 36 heavy (non-hydrogen) atoms. The van der Waals surface area contributed by atoms with E-state index in [0.717, 1.165) is 54.2 Å². The maximum Gasteiger partial charge on any atom is 0.271 e. The quantitative estimate of drug-likeness (QED) is 0.349. The maximum absolute atomic E-state index is 12.5. The van der Waals surface area contributed by atoms with E-state index in [1.54, 1.807) is 13.3 Å². The van der Waals surface area contributed by atoms with Gasteiger partial charge in [0.15, 0.2) is 11.5 Å². The van der Waals surface area contributed by atoms with Gasteiger partial charge in [-0.2, -0.15) is 5.10 Å². The molecule has 0 unspecified atom stereocenters. The minimum atomic E-state index is -0.264. The van der Waals surface area contributed by atoms with Crippen molar-refractivity contribution >= 4 is 33.7 Å². The van der Waals surface area contributed by atoms with E-state index in [9.17, 15) is 4.79 Å². The number of anilines is 1. The van der Waals surface area contributed by atoms with Crippen molar-refractivity contribution in [3.05, 3.63) is 81.8 Å². The van der Waals surface area contributed by atoms with Crippen LogP contribution in [0.25, 0.3) is 0 Å². The summed E-state index contributed by atoms with van der Waals surface area (Å²) >= 11 is 3.48. The molecule has 0 spiro atoms. The van der Waals surface area contributed by atoms with Gasteiger partial charge in [0, 0.05) is 48.3 Å². The molecule has 186 valence electrons. The minimum absolute atomic E-state index is 0.203. The lowest BCUT2D eigenvalue weighted by Gasteiger charge is -2.36. The number of carbonyl (C=O) groups excluding carboxylic acids is 1. The second-order valence-electron chi connectivity index (χ2n) is 8.56. The first kappa shape index (κ1) is 24.1. The fourth-order valence-corrected chi connectivity index (χ4v) is 4.74. The molecule has 5 rings (SSSR count). The summed E-state index contributed by atoms with van der Waals surface area (Å²) in [7, 11) is 1.71. The third-order valence-corrected chi connectivity index (χ3v) is 6.97. The Morgan fingerprint density at radius 1 is 1.06 bits per heavy atom. The Labute approximate surface area is 218 Å². The topological polar surface area (TPSA) is 75.6 Å². The van der Waals surface area contributed by atoms with Gasteiger partial charge >= 0.3 is 0 Å². The number of benzene rings is 3. The van der Waals surface area contributed by atoms with E-state index in [4.69, 9.17) is 14.2 Å². The van der Waals surface area contributed by atoms with Crippen LogP contribution < -0.4 is 24.5 Å². The van der Waals surface area contributed by atoms with E-state index >= 15 is 0 Å². The molecule has 1 saturated heterocycles. The number of nitrogens with zero attached hydrogens (tertiary/aromatic N) is 3. The molecule has 2 aliphatic rings. The summed E-state index contributed by atoms with van der Waals surface area (Å²) in [4.78, 5) is 17.3. The van der Waals surface area contributed by atoms with Crippen molar-refractivity contribution in [2.24, 2.45) is 5.10 Å². The summed E-state index contributed by atoms with van der Waals surface area (Å²) in [6.07, 6.45) is 1.57. The van der Waals surface area contributed by atoms with Gasteiger partial charge in [-0.25, -0.2) is 5.43 Å². The Bertz CT molecular complexity index is 1260. The number of halogens is 1. The Hall–Kier alpha value is -3.56. The Morgan fingerprint density at radius 3 is 2.53 bits per heavy atom. The van der Waals surface area contributed by atoms with Crippen molar-refractivity contribution in [3.63, 3.8) is 0 Å². The van der Waals surface area contributed by atoms with E-state index in [-0.39, 0.29) is 12.7 Å². The van der Waals surface area contributed by atoms with Crippen LogP contribution in [0, 0.1) is 0 Å². The van der Waals surface area contributed by atoms with Gasteiger partial charge < -0.3 is 19.1 Å². The molecule has 2 heterocycles. The van der Waals surface area contributed by atoms with Crippen LogP contribution in [-0.2, 0) is 6.54 Å². The van der Waals surface area contributed by atoms with Crippen LogP contribution in [-0.4, -0.2) is 57.1 Å². The van der Waals surface area contributed by atoms with Crippen LogP contribution in [0.1, 0.15) is 21.5 Å². The van der Waals surface area contributed by atoms with Crippen LogP contribution in [0.3, 0.4) is 0 Å². The first-order valence-corrected chi connectivity index (χ1v) is 12.5. The number of para-hydroxylation sites is 2. The van der Waals surface area contributed by atoms with Crippen LogP contribution in [0.4, 0.5) is 5.69 Å². The van der Waals surface area contributed by atoms with Crippen LogP contribution >= 0.6 is 15.9 Å². The fourth-order valence-electron chi connectivity index (χ4n) is 4.31. The lowest BCUT2D eigenvalue weighted by Crippen LogP contribution is -2.46. The Kier molecular flexibility index (Phi) is 7.39. The molecule has 0 bridgehead atoms. The van der Waals surface area contributed by atoms with Crippen LogP contribution in [0.15, 0.2) is 70.2 Å². The predicted octanol–water partition coefficient (Wildman–Crippen LogP) is 4.27. The number of methoxy groups -OCH3 is 1. The number of hydrazone groups is 1. The third-order valence-electron chi connectivity index (χ3n) is 6.28. The first-order valence-electron chi connectivity index (χ1n) is 11.7. The predicted molar refractivity (Wildman–Crippen MR) is 142 cm³/mol. The summed E-state index contributed by atoms with van der Waals surface area (Å²) in [5, 5.41) is 4.09. The monoisotopic (exact) mass is 550 g/mol. The Balaban J connectivity index is 1.12. The van der Waals surface area contributed by atoms with Crippen molar-refractivity contribution in [2.75, 3.05) is 45.0 Å². The number of amides is 1. The fraction of sp³-hybridized carbons (Fsp3) is 0.259. The van der Waals surface area contributed by atoms with Gasteiger partial charge in [0.05, 0.1) is 19.0 Å². The minimum Gasteiger partial charge on any atom is -0.495 e. The van der Waals surface area contributed by atoms with E-state index < -0.39 is 0 Å². The number of fused-ring (bicyclic) bond motifs is 1. The smallest absolute Gasteiger partial charge is 0.271 e. The highest BCUT2D eigenvalue weighted by molar-refractivity contribution is 9.10. The number of carbonyl (C=O) groups is 1. The molecule has 3 aromatic rings. The van der Waals surface area contributed by atoms with E-state index in [2.05, 4.69) is 42.3 Å². The largest absolute Gasteiger partial charge is 0.495 e. The van der Waals surface area contributed by atoms with Gasteiger partial charge in [-0.05, 0) is 57.9 Å². The molecular formula is C27H27BrN4O4. The van der Waals surface area contributed by atoms with Crippen molar-refractivity contribution < 1.29 is 19.0 Å². The molecule has 1 amide bonds. The first-order chi connectivity index (χ1) is 17.6. The molecule has 2 aliphatic heterocycles. The molecule has 0 radical (unpaired) electrons. The molecule has 3 aromatic carbocycles. The molecule has 0 aliphatic carbocycles. The maximum atomic E-state index is 12.5. The lowest BCUT2D eigenvalue weighted by molar-refractivity contribution is 0.0955. The van der Waals surface area contributed by atoms with Gasteiger partial charge in [0.25, 0.3) is 5.91 Å². The zero-order chi connectivity index (χ0) is 24.9. The summed E-state index contributed by atoms with van der Waals surface area (Å²) in [6, 6.07) is 19.5. The number of rotatable bonds is 7. The third kappa shape index (κ3) is 5.47. The van der Waals surface area contributed by atoms with E-state index in [1.165, 1.54) is 5.56 Å². The van der Waals surface area contributed by atoms with Gasteiger partial charge in [-0.15, -0.1) is 0 Å². The number of ether oxygens (including phenoxy) is 3. The highest BCUT2D eigenvalue weighted by Crippen LogP contribution is 2.36. The standard InChI is InChI=1S/C27H27BrN4O4/c1-34-24-5-3-2-4-23(24)32-12-10-31(11-13-32)17-19-6-8-20(9-7-19)27(33)30-29-16-21-14-25-26(15-22(21)28)36-18-35-25/h2-9,14-16H,10-13,17-18H2,1H3,(H,30,33)/b29-16-. The summed E-state index contributed by atoms with van der Waals surface area (Å²) in [5.41, 5.74) is 6.23. The van der Waals surface area contributed by atoms with Crippen molar-refractivity contribution in [3.8, 4) is 17.2 Å². The lowest BCUT2D eigenvalue weighted by atomic mass is 10.1. The number of hydrogen-bond donors (Lipinski definition) is 1. The molecule has 0 aromatic heterocycles. The van der Waals surface area contributed by atoms with Gasteiger partial charge in [-0.3, -0.25) is 9.69 Å². The molecular weight excluding hydrogens is 524 g/mol. The zero-order valence-corrected chi connectivity index (χ0v) is 21.5. The van der Waals surface area contributed by atoms with E-state index in [1.807, 2.05) is 54.6 Å². The van der Waals surface area contributed by atoms with Gasteiger partial charge in [0.2, 0.25) is 6.79 Å². The van der Waals surface area contributed by atoms with Crippen molar-refractivity contribution in [2.45, 2.75) is 6.54 Å². The average Bonchev–Trinajstić information content (AvgIpc) is 3.36. The molecule has 8 nitrogen and oxygen atoms in total. The molecule has 1 fully saturated rings. The molecule has 1 N–H and O–H groups in total. The average molecular weight is 551 g/mol.